The van der Waals surface area contributed by atoms with Crippen LogP contribution < -0.4 is 15.4 Å². The van der Waals surface area contributed by atoms with Gasteiger partial charge in [0.1, 0.15) is 11.3 Å². The van der Waals surface area contributed by atoms with Gasteiger partial charge >= 0.3 is 6.18 Å². The number of amides is 1. The first kappa shape index (κ1) is 27.6. The molecule has 41 heavy (non-hydrogen) atoms. The Morgan fingerprint density at radius 1 is 1.17 bits per heavy atom. The largest absolute Gasteiger partial charge is 0.418 e. The zero-order valence-corrected chi connectivity index (χ0v) is 22.0. The minimum Gasteiger partial charge on any atom is -0.352 e. The van der Waals surface area contributed by atoms with Crippen molar-refractivity contribution in [2.24, 2.45) is 5.92 Å². The Morgan fingerprint density at radius 2 is 1.93 bits per heavy atom. The molecule has 1 atom stereocenters. The highest BCUT2D eigenvalue weighted by Crippen LogP contribution is 2.36. The van der Waals surface area contributed by atoms with Crippen LogP contribution in [0.4, 0.5) is 24.9 Å². The summed E-state index contributed by atoms with van der Waals surface area (Å²) in [4.78, 5) is 40.3. The van der Waals surface area contributed by atoms with Gasteiger partial charge in [0.25, 0.3) is 5.56 Å². The second-order valence-corrected chi connectivity index (χ2v) is 9.87. The summed E-state index contributed by atoms with van der Waals surface area (Å²) in [7, 11) is 0. The number of nitrogens with zero attached hydrogens (tertiary/aromatic N) is 9. The molecule has 2 fully saturated rings. The van der Waals surface area contributed by atoms with Gasteiger partial charge < -0.3 is 14.7 Å². The summed E-state index contributed by atoms with van der Waals surface area (Å²) < 4.78 is 42.7. The number of benzene rings is 1. The van der Waals surface area contributed by atoms with E-state index in [0.717, 1.165) is 0 Å². The molecule has 0 radical (unpaired) electrons. The second kappa shape index (κ2) is 10.5. The maximum Gasteiger partial charge on any atom is 0.418 e. The highest BCUT2D eigenvalue weighted by Gasteiger charge is 2.37. The monoisotopic (exact) mass is 563 g/mol. The Hall–Kier alpha value is -4.98. The Morgan fingerprint density at radius 3 is 2.59 bits per heavy atom. The molecule has 1 aromatic carbocycles. The van der Waals surface area contributed by atoms with Crippen LogP contribution in [0.2, 0.25) is 0 Å². The summed E-state index contributed by atoms with van der Waals surface area (Å²) in [5.74, 6) is -0.113. The van der Waals surface area contributed by atoms with Crippen molar-refractivity contribution in [2.45, 2.75) is 25.6 Å². The van der Waals surface area contributed by atoms with Crippen LogP contribution in [-0.2, 0) is 11.0 Å². The maximum absolute atomic E-state index is 14.0. The van der Waals surface area contributed by atoms with E-state index in [1.165, 1.54) is 37.4 Å². The smallest absolute Gasteiger partial charge is 0.352 e. The van der Waals surface area contributed by atoms with Gasteiger partial charge in [-0.3, -0.25) is 9.59 Å². The van der Waals surface area contributed by atoms with Gasteiger partial charge in [-0.25, -0.2) is 4.98 Å². The van der Waals surface area contributed by atoms with Crippen LogP contribution in [0.1, 0.15) is 17.5 Å². The van der Waals surface area contributed by atoms with Gasteiger partial charge in [0.15, 0.2) is 0 Å². The van der Waals surface area contributed by atoms with Crippen molar-refractivity contribution in [3.8, 4) is 17.8 Å². The van der Waals surface area contributed by atoms with Crippen LogP contribution >= 0.6 is 0 Å². The van der Waals surface area contributed by atoms with Crippen molar-refractivity contribution in [1.82, 2.24) is 24.6 Å². The standard InChI is InChI=1S/C27H24F3N9O2/c1-3-21(40)38-10-9-36(15-18(38)7-8-31)24-19-12-33-39(20-6-4-5-16(2)22(20)27(28,29)30)25(41)23(19)34-26(35-24)37-13-17(11-32)14-37/h3-6,12,17-18H,1,7,9-10,13-15H2,2H3. The number of anilines is 2. The number of carbonyl (C=O) groups excluding carboxylic acids is 1. The third-order valence-electron chi connectivity index (χ3n) is 7.29. The Labute approximate surface area is 232 Å². The molecule has 2 aromatic heterocycles. The molecule has 1 amide bonds. The number of halogens is 3. The van der Waals surface area contributed by atoms with Gasteiger partial charge in [-0.15, -0.1) is 0 Å². The van der Waals surface area contributed by atoms with Gasteiger partial charge in [-0.2, -0.15) is 38.5 Å². The number of alkyl halides is 3. The molecule has 2 aliphatic rings. The summed E-state index contributed by atoms with van der Waals surface area (Å²) in [6, 6.07) is 7.65. The van der Waals surface area contributed by atoms with E-state index in [9.17, 15) is 33.3 Å². The molecule has 3 aromatic rings. The third-order valence-corrected chi connectivity index (χ3v) is 7.29. The topological polar surface area (TPSA) is 135 Å². The fourth-order valence-electron chi connectivity index (χ4n) is 5.21. The van der Waals surface area contributed by atoms with E-state index in [-0.39, 0.29) is 53.8 Å². The minimum absolute atomic E-state index is 0.0422. The van der Waals surface area contributed by atoms with Crippen LogP contribution in [0.15, 0.2) is 41.8 Å². The molecule has 14 heteroatoms. The lowest BCUT2D eigenvalue weighted by Gasteiger charge is -2.41. The van der Waals surface area contributed by atoms with Crippen LogP contribution in [0.3, 0.4) is 0 Å². The number of hydrogen-bond donors (Lipinski definition) is 0. The molecule has 0 aliphatic carbocycles. The maximum atomic E-state index is 14.0. The predicted molar refractivity (Wildman–Crippen MR) is 142 cm³/mol. The van der Waals surface area contributed by atoms with Crippen molar-refractivity contribution in [2.75, 3.05) is 42.5 Å². The summed E-state index contributed by atoms with van der Waals surface area (Å²) in [5, 5.41) is 22.9. The van der Waals surface area contributed by atoms with E-state index >= 15 is 0 Å². The summed E-state index contributed by atoms with van der Waals surface area (Å²) in [6.07, 6.45) is -2.25. The van der Waals surface area contributed by atoms with Crippen molar-refractivity contribution >= 4 is 28.6 Å². The average Bonchev–Trinajstić information content (AvgIpc) is 2.91. The fraction of sp³-hybridized carbons (Fsp3) is 0.370. The lowest BCUT2D eigenvalue weighted by Crippen LogP contribution is -2.55. The lowest BCUT2D eigenvalue weighted by molar-refractivity contribution is -0.138. The van der Waals surface area contributed by atoms with E-state index in [4.69, 9.17) is 0 Å². The number of nitriles is 2. The molecule has 4 heterocycles. The zero-order chi connectivity index (χ0) is 29.5. The first-order chi connectivity index (χ1) is 19.6. The molecule has 5 rings (SSSR count). The fourth-order valence-corrected chi connectivity index (χ4v) is 5.21. The first-order valence-corrected chi connectivity index (χ1v) is 12.7. The third kappa shape index (κ3) is 4.93. The van der Waals surface area contributed by atoms with Crippen molar-refractivity contribution in [1.29, 1.82) is 10.5 Å². The molecule has 0 N–H and O–H groups in total. The Kier molecular flexibility index (Phi) is 7.09. The Balaban J connectivity index is 1.67. The van der Waals surface area contributed by atoms with Crippen LogP contribution in [0, 0.1) is 35.5 Å². The number of piperazine rings is 1. The van der Waals surface area contributed by atoms with Crippen molar-refractivity contribution in [3.63, 3.8) is 0 Å². The normalized spacial score (nSPS) is 17.6. The highest BCUT2D eigenvalue weighted by atomic mass is 19.4. The van der Waals surface area contributed by atoms with E-state index in [0.29, 0.717) is 30.1 Å². The number of aryl methyl sites for hydroxylation is 1. The van der Waals surface area contributed by atoms with Gasteiger partial charge in [-0.1, -0.05) is 18.7 Å². The zero-order valence-electron chi connectivity index (χ0n) is 22.0. The predicted octanol–water partition coefficient (Wildman–Crippen LogP) is 2.58. The number of hydrogen-bond acceptors (Lipinski definition) is 9. The molecule has 0 bridgehead atoms. The molecule has 11 nitrogen and oxygen atoms in total. The minimum atomic E-state index is -4.74. The van der Waals surface area contributed by atoms with E-state index in [2.05, 4.69) is 33.8 Å². The lowest BCUT2D eigenvalue weighted by atomic mass is 10.0. The number of rotatable bonds is 5. The Bertz CT molecular complexity index is 1680. The van der Waals surface area contributed by atoms with Gasteiger partial charge in [0.2, 0.25) is 11.9 Å². The summed E-state index contributed by atoms with van der Waals surface area (Å²) in [5.41, 5.74) is -2.48. The summed E-state index contributed by atoms with van der Waals surface area (Å²) >= 11 is 0. The van der Waals surface area contributed by atoms with Gasteiger partial charge in [0.05, 0.1) is 53.4 Å². The van der Waals surface area contributed by atoms with Gasteiger partial charge in [-0.05, 0) is 24.6 Å². The van der Waals surface area contributed by atoms with E-state index in [1.54, 1.807) is 9.80 Å². The molecular formula is C27H24F3N9O2. The van der Waals surface area contributed by atoms with E-state index < -0.39 is 29.0 Å². The van der Waals surface area contributed by atoms with Crippen molar-refractivity contribution < 1.29 is 18.0 Å². The number of fused-ring (bicyclic) bond motifs is 1. The summed E-state index contributed by atoms with van der Waals surface area (Å²) in [6.45, 7) is 6.25. The van der Waals surface area contributed by atoms with Crippen LogP contribution in [0.25, 0.3) is 16.6 Å². The van der Waals surface area contributed by atoms with Crippen LogP contribution in [0.5, 0.6) is 0 Å². The van der Waals surface area contributed by atoms with E-state index in [1.807, 2.05) is 4.90 Å². The number of aromatic nitrogens is 4. The van der Waals surface area contributed by atoms with Gasteiger partial charge in [0, 0.05) is 32.7 Å². The highest BCUT2D eigenvalue weighted by molar-refractivity contribution is 5.90. The average molecular weight is 564 g/mol. The molecule has 2 aliphatic heterocycles. The second-order valence-electron chi connectivity index (χ2n) is 9.87. The first-order valence-electron chi connectivity index (χ1n) is 12.7. The number of carbonyl (C=O) groups is 1. The van der Waals surface area contributed by atoms with Crippen molar-refractivity contribution in [3.05, 3.63) is 58.5 Å². The molecule has 210 valence electrons. The molecule has 1 unspecified atom stereocenters. The molecular weight excluding hydrogens is 539 g/mol. The molecule has 0 spiro atoms. The quantitative estimate of drug-likeness (QED) is 0.429. The molecule has 2 saturated heterocycles. The van der Waals surface area contributed by atoms with Crippen LogP contribution in [-0.4, -0.2) is 69.3 Å². The SMILES string of the molecule is C=CC(=O)N1CCN(c2nc(N3CC(C#N)C3)nc3c(=O)n(-c4cccc(C)c4C(F)(F)F)ncc23)CC1CC#N. The molecule has 0 saturated carbocycles.